The number of sulfonamides is 1. The zero-order valence-corrected chi connectivity index (χ0v) is 15.3. The molecule has 0 radical (unpaired) electrons. The summed E-state index contributed by atoms with van der Waals surface area (Å²) in [5.74, 6) is -0.244. The minimum Gasteiger partial charge on any atom is -0.301 e. The van der Waals surface area contributed by atoms with Crippen molar-refractivity contribution < 1.29 is 13.2 Å². The van der Waals surface area contributed by atoms with Gasteiger partial charge in [0.2, 0.25) is 15.4 Å². The van der Waals surface area contributed by atoms with Gasteiger partial charge in [-0.1, -0.05) is 42.0 Å². The molecule has 2 N–H and O–H groups in total. The van der Waals surface area contributed by atoms with Gasteiger partial charge in [0.25, 0.3) is 10.0 Å². The summed E-state index contributed by atoms with van der Waals surface area (Å²) >= 11 is 6.63. The van der Waals surface area contributed by atoms with E-state index < -0.39 is 10.0 Å². The second-order valence-corrected chi connectivity index (χ2v) is 8.26. The maximum absolute atomic E-state index is 12.1. The quantitative estimate of drug-likeness (QED) is 0.534. The number of amides is 1. The largest absolute Gasteiger partial charge is 0.301 e. The van der Waals surface area contributed by atoms with Gasteiger partial charge in [0.15, 0.2) is 0 Å². The Morgan fingerprint density at radius 2 is 1.96 bits per heavy atom. The van der Waals surface area contributed by atoms with E-state index in [9.17, 15) is 13.2 Å². The van der Waals surface area contributed by atoms with Crippen LogP contribution in [0.5, 0.6) is 0 Å². The third-order valence-electron chi connectivity index (χ3n) is 3.05. The number of nitrogens with zero attached hydrogens (tertiary/aromatic N) is 2. The van der Waals surface area contributed by atoms with E-state index in [0.29, 0.717) is 11.4 Å². The molecule has 7 nitrogen and oxygen atoms in total. The summed E-state index contributed by atoms with van der Waals surface area (Å²) in [7, 11) is -3.72. The molecule has 0 fully saturated rings. The van der Waals surface area contributed by atoms with Crippen LogP contribution >= 0.6 is 22.9 Å². The molecule has 2 rings (SSSR count). The number of anilines is 1. The van der Waals surface area contributed by atoms with Gasteiger partial charge < -0.3 is 5.32 Å². The van der Waals surface area contributed by atoms with Gasteiger partial charge in [0.05, 0.1) is 0 Å². The van der Waals surface area contributed by atoms with E-state index in [1.54, 1.807) is 19.1 Å². The smallest absolute Gasteiger partial charge is 0.269 e. The molecule has 0 aliphatic carbocycles. The fourth-order valence-corrected chi connectivity index (χ4v) is 3.95. The molecule has 0 unspecified atom stereocenters. The van der Waals surface area contributed by atoms with Crippen molar-refractivity contribution in [2.45, 2.75) is 30.5 Å². The average molecular weight is 389 g/mol. The van der Waals surface area contributed by atoms with Crippen molar-refractivity contribution in [3.63, 3.8) is 0 Å². The number of aryl methyl sites for hydroxylation is 1. The highest BCUT2D eigenvalue weighted by atomic mass is 35.5. The summed E-state index contributed by atoms with van der Waals surface area (Å²) in [4.78, 5) is 11.3. The number of hydrogen-bond acceptors (Lipinski definition) is 6. The van der Waals surface area contributed by atoms with Crippen LogP contribution in [0.2, 0.25) is 5.02 Å². The molecule has 1 aromatic carbocycles. The number of carbonyl (C=O) groups is 1. The molecular formula is C14H17ClN4O3S2. The zero-order chi connectivity index (χ0) is 17.6. The van der Waals surface area contributed by atoms with Crippen LogP contribution in [0, 0.1) is 0 Å². The van der Waals surface area contributed by atoms with Gasteiger partial charge in [-0.25, -0.2) is 13.1 Å². The van der Waals surface area contributed by atoms with Crippen molar-refractivity contribution in [1.29, 1.82) is 0 Å². The lowest BCUT2D eigenvalue weighted by Crippen LogP contribution is -2.25. The van der Waals surface area contributed by atoms with Crippen molar-refractivity contribution in [2.24, 2.45) is 0 Å². The van der Waals surface area contributed by atoms with Crippen molar-refractivity contribution >= 4 is 44.0 Å². The maximum Gasteiger partial charge on any atom is 0.269 e. The molecule has 2 aromatic rings. The van der Waals surface area contributed by atoms with E-state index in [-0.39, 0.29) is 28.3 Å². The summed E-state index contributed by atoms with van der Waals surface area (Å²) in [6.45, 7) is 1.97. The van der Waals surface area contributed by atoms with Gasteiger partial charge in [-0.2, -0.15) is 0 Å². The van der Waals surface area contributed by atoms with Crippen LogP contribution < -0.4 is 10.0 Å². The molecule has 1 heterocycles. The number of carbonyl (C=O) groups excluding carboxylic acids is 1. The maximum atomic E-state index is 12.1. The van der Waals surface area contributed by atoms with Crippen molar-refractivity contribution in [3.8, 4) is 0 Å². The van der Waals surface area contributed by atoms with Gasteiger partial charge in [-0.05, 0) is 30.5 Å². The van der Waals surface area contributed by atoms with E-state index in [1.807, 2.05) is 12.1 Å². The molecule has 0 aliphatic rings. The molecule has 0 atom stereocenters. The molecule has 1 aromatic heterocycles. The van der Waals surface area contributed by atoms with Crippen molar-refractivity contribution in [3.05, 3.63) is 34.9 Å². The summed E-state index contributed by atoms with van der Waals surface area (Å²) < 4.78 is 26.6. The predicted molar refractivity (Wildman–Crippen MR) is 93.8 cm³/mol. The Morgan fingerprint density at radius 3 is 2.62 bits per heavy atom. The van der Waals surface area contributed by atoms with Gasteiger partial charge in [-0.15, -0.1) is 10.2 Å². The standard InChI is InChI=1S/C14H17ClN4O3S2/c1-2-12(20)17-13-18-19-14(23-13)24(21,22)16-9-3-4-10-5-7-11(15)8-6-10/h5-8,16H,2-4,9H2,1H3,(H,17,18,20). The molecule has 0 saturated carbocycles. The molecule has 130 valence electrons. The van der Waals surface area contributed by atoms with Crippen LogP contribution in [0.3, 0.4) is 0 Å². The van der Waals surface area contributed by atoms with Crippen LogP contribution in [0.1, 0.15) is 25.3 Å². The SMILES string of the molecule is CCC(=O)Nc1nnc(S(=O)(=O)NCCCc2ccc(Cl)cc2)s1. The number of rotatable bonds is 8. The Bertz CT molecular complexity index is 791. The minimum atomic E-state index is -3.72. The highest BCUT2D eigenvalue weighted by Gasteiger charge is 2.20. The molecule has 0 spiro atoms. The second kappa shape index (κ2) is 8.52. The fourth-order valence-electron chi connectivity index (χ4n) is 1.79. The van der Waals surface area contributed by atoms with Gasteiger partial charge >= 0.3 is 0 Å². The van der Waals surface area contributed by atoms with Crippen molar-refractivity contribution in [2.75, 3.05) is 11.9 Å². The number of aromatic nitrogens is 2. The molecule has 0 bridgehead atoms. The van der Waals surface area contributed by atoms with Crippen LogP contribution in [-0.2, 0) is 21.2 Å². The molecular weight excluding hydrogens is 372 g/mol. The fraction of sp³-hybridized carbons (Fsp3) is 0.357. The third kappa shape index (κ3) is 5.52. The van der Waals surface area contributed by atoms with E-state index in [4.69, 9.17) is 11.6 Å². The van der Waals surface area contributed by atoms with Gasteiger partial charge in [0, 0.05) is 18.0 Å². The topological polar surface area (TPSA) is 101 Å². The molecule has 10 heteroatoms. The highest BCUT2D eigenvalue weighted by Crippen LogP contribution is 2.19. The number of nitrogens with one attached hydrogen (secondary N) is 2. The first kappa shape index (κ1) is 18.8. The first-order chi connectivity index (χ1) is 11.4. The Morgan fingerprint density at radius 1 is 1.25 bits per heavy atom. The molecule has 24 heavy (non-hydrogen) atoms. The van der Waals surface area contributed by atoms with Crippen molar-refractivity contribution in [1.82, 2.24) is 14.9 Å². The highest BCUT2D eigenvalue weighted by molar-refractivity contribution is 7.91. The van der Waals surface area contributed by atoms with Crippen LogP contribution in [0.4, 0.5) is 5.13 Å². The normalized spacial score (nSPS) is 11.4. The number of benzene rings is 1. The Labute approximate surface area is 149 Å². The van der Waals surface area contributed by atoms with Crippen LogP contribution in [0.25, 0.3) is 0 Å². The first-order valence-corrected chi connectivity index (χ1v) is 9.96. The summed E-state index contributed by atoms with van der Waals surface area (Å²) in [6, 6.07) is 7.41. The Kier molecular flexibility index (Phi) is 6.67. The number of hydrogen-bond donors (Lipinski definition) is 2. The van der Waals surface area contributed by atoms with Gasteiger partial charge in [0.1, 0.15) is 0 Å². The van der Waals surface area contributed by atoms with E-state index >= 15 is 0 Å². The first-order valence-electron chi connectivity index (χ1n) is 7.28. The van der Waals surface area contributed by atoms with Crippen LogP contribution in [0.15, 0.2) is 28.6 Å². The average Bonchev–Trinajstić information content (AvgIpc) is 3.02. The van der Waals surface area contributed by atoms with Gasteiger partial charge in [-0.3, -0.25) is 4.79 Å². The number of halogens is 1. The predicted octanol–water partition coefficient (Wildman–Crippen LogP) is 2.45. The zero-order valence-electron chi connectivity index (χ0n) is 13.0. The minimum absolute atomic E-state index is 0.166. The Hall–Kier alpha value is -1.55. The van der Waals surface area contributed by atoms with E-state index in [2.05, 4.69) is 20.2 Å². The molecule has 1 amide bonds. The monoisotopic (exact) mass is 388 g/mol. The molecule has 0 saturated heterocycles. The summed E-state index contributed by atoms with van der Waals surface area (Å²) in [5, 5.41) is 10.6. The molecule has 0 aliphatic heterocycles. The Balaban J connectivity index is 1.84. The van der Waals surface area contributed by atoms with E-state index in [1.165, 1.54) is 0 Å². The van der Waals surface area contributed by atoms with Crippen LogP contribution in [-0.4, -0.2) is 31.1 Å². The lowest BCUT2D eigenvalue weighted by Gasteiger charge is -2.04. The second-order valence-electron chi connectivity index (χ2n) is 4.90. The lowest BCUT2D eigenvalue weighted by atomic mass is 10.1. The summed E-state index contributed by atoms with van der Waals surface area (Å²) in [5.41, 5.74) is 1.08. The summed E-state index contributed by atoms with van der Waals surface area (Å²) in [6.07, 6.45) is 1.65. The van der Waals surface area contributed by atoms with E-state index in [0.717, 1.165) is 23.3 Å². The third-order valence-corrected chi connectivity index (χ3v) is 5.97. The lowest BCUT2D eigenvalue weighted by molar-refractivity contribution is -0.115.